The van der Waals surface area contributed by atoms with Gasteiger partial charge in [0.05, 0.1) is 11.8 Å². The number of hydrogen-bond donors (Lipinski definition) is 2. The summed E-state index contributed by atoms with van der Waals surface area (Å²) in [6.45, 7) is 0.182. The molecule has 0 spiro atoms. The van der Waals surface area contributed by atoms with Crippen LogP contribution in [0.5, 0.6) is 11.5 Å². The minimum atomic E-state index is -0.329. The Morgan fingerprint density at radius 3 is 2.32 bits per heavy atom. The summed E-state index contributed by atoms with van der Waals surface area (Å²) in [5.41, 5.74) is 1.24. The first kappa shape index (κ1) is 15.8. The van der Waals surface area contributed by atoms with Crippen LogP contribution in [0.15, 0.2) is 42.5 Å². The summed E-state index contributed by atoms with van der Waals surface area (Å²) >= 11 is 5.90. The molecule has 2 amide bonds. The van der Waals surface area contributed by atoms with E-state index in [2.05, 4.69) is 10.6 Å². The normalized spacial score (nSPS) is 20.0. The fourth-order valence-corrected chi connectivity index (χ4v) is 2.98. The number of anilines is 2. The fourth-order valence-electron chi connectivity index (χ4n) is 2.78. The van der Waals surface area contributed by atoms with Crippen molar-refractivity contribution in [3.05, 3.63) is 47.5 Å². The third-order valence-electron chi connectivity index (χ3n) is 4.20. The van der Waals surface area contributed by atoms with Gasteiger partial charge in [-0.05, 0) is 36.8 Å². The van der Waals surface area contributed by atoms with Crippen molar-refractivity contribution in [1.82, 2.24) is 0 Å². The van der Waals surface area contributed by atoms with Gasteiger partial charge in [0.2, 0.25) is 18.6 Å². The molecular weight excluding hydrogens is 344 g/mol. The minimum Gasteiger partial charge on any atom is -0.454 e. The van der Waals surface area contributed by atoms with Gasteiger partial charge in [-0.25, -0.2) is 0 Å². The molecule has 1 heterocycles. The van der Waals surface area contributed by atoms with Crippen LogP contribution in [-0.2, 0) is 9.59 Å². The monoisotopic (exact) mass is 358 g/mol. The van der Waals surface area contributed by atoms with Crippen LogP contribution >= 0.6 is 11.6 Å². The highest BCUT2D eigenvalue weighted by Crippen LogP contribution is 2.41. The molecule has 128 valence electrons. The number of benzene rings is 2. The molecule has 2 atom stereocenters. The average molecular weight is 359 g/mol. The summed E-state index contributed by atoms with van der Waals surface area (Å²) in [7, 11) is 0. The van der Waals surface area contributed by atoms with E-state index in [0.717, 1.165) is 0 Å². The second-order valence-corrected chi connectivity index (χ2v) is 6.44. The lowest BCUT2D eigenvalue weighted by Gasteiger charge is -2.07. The summed E-state index contributed by atoms with van der Waals surface area (Å²) in [5.74, 6) is 0.253. The van der Waals surface area contributed by atoms with Crippen LogP contribution in [0.1, 0.15) is 6.42 Å². The first-order chi connectivity index (χ1) is 12.1. The van der Waals surface area contributed by atoms with E-state index >= 15 is 0 Å². The van der Waals surface area contributed by atoms with Crippen molar-refractivity contribution in [3.63, 3.8) is 0 Å². The Morgan fingerprint density at radius 1 is 0.920 bits per heavy atom. The average Bonchev–Trinajstić information content (AvgIpc) is 3.26. The third kappa shape index (κ3) is 3.39. The Morgan fingerprint density at radius 2 is 1.60 bits per heavy atom. The highest BCUT2D eigenvalue weighted by molar-refractivity contribution is 6.30. The van der Waals surface area contributed by atoms with Crippen LogP contribution < -0.4 is 20.1 Å². The Labute approximate surface area is 149 Å². The zero-order valence-electron chi connectivity index (χ0n) is 13.1. The van der Waals surface area contributed by atoms with Crippen molar-refractivity contribution in [2.45, 2.75) is 6.42 Å². The quantitative estimate of drug-likeness (QED) is 0.879. The summed E-state index contributed by atoms with van der Waals surface area (Å²) in [4.78, 5) is 24.5. The molecule has 2 aromatic rings. The first-order valence-electron chi connectivity index (χ1n) is 7.87. The Balaban J connectivity index is 1.34. The predicted octanol–water partition coefficient (Wildman–Crippen LogP) is 3.28. The van der Waals surface area contributed by atoms with Gasteiger partial charge in [0.15, 0.2) is 11.5 Å². The highest BCUT2D eigenvalue weighted by Gasteiger charge is 2.48. The molecule has 2 aliphatic rings. The van der Waals surface area contributed by atoms with E-state index < -0.39 is 0 Å². The van der Waals surface area contributed by atoms with Gasteiger partial charge in [-0.2, -0.15) is 0 Å². The third-order valence-corrected chi connectivity index (χ3v) is 4.43. The lowest BCUT2D eigenvalue weighted by molar-refractivity contribution is -0.122. The summed E-state index contributed by atoms with van der Waals surface area (Å²) in [5, 5.41) is 6.15. The van der Waals surface area contributed by atoms with E-state index in [9.17, 15) is 9.59 Å². The molecule has 1 aliphatic carbocycles. The maximum atomic E-state index is 12.3. The van der Waals surface area contributed by atoms with Crippen molar-refractivity contribution in [2.75, 3.05) is 17.4 Å². The van der Waals surface area contributed by atoms with Gasteiger partial charge in [-0.1, -0.05) is 17.7 Å². The molecule has 1 fully saturated rings. The van der Waals surface area contributed by atoms with E-state index in [1.54, 1.807) is 42.5 Å². The fraction of sp³-hybridized carbons (Fsp3) is 0.222. The van der Waals surface area contributed by atoms with Gasteiger partial charge in [-0.3, -0.25) is 9.59 Å². The summed E-state index contributed by atoms with van der Waals surface area (Å²) in [6, 6.07) is 12.1. The minimum absolute atomic E-state index is 0.173. The molecule has 2 N–H and O–H groups in total. The van der Waals surface area contributed by atoms with Gasteiger partial charge < -0.3 is 20.1 Å². The zero-order chi connectivity index (χ0) is 17.4. The van der Waals surface area contributed by atoms with E-state index in [4.69, 9.17) is 21.1 Å². The maximum absolute atomic E-state index is 12.3. The topological polar surface area (TPSA) is 76.7 Å². The molecule has 6 nitrogen and oxygen atoms in total. The van der Waals surface area contributed by atoms with Crippen LogP contribution in [0.3, 0.4) is 0 Å². The van der Waals surface area contributed by atoms with Crippen molar-refractivity contribution in [2.24, 2.45) is 11.8 Å². The smallest absolute Gasteiger partial charge is 0.231 e. The number of hydrogen-bond acceptors (Lipinski definition) is 4. The lowest BCUT2D eigenvalue weighted by atomic mass is 10.2. The van der Waals surface area contributed by atoms with Crippen LogP contribution in [0.25, 0.3) is 0 Å². The second-order valence-electron chi connectivity index (χ2n) is 6.01. The number of halogens is 1. The molecule has 2 aromatic carbocycles. The summed E-state index contributed by atoms with van der Waals surface area (Å²) in [6.07, 6.45) is 0.531. The summed E-state index contributed by atoms with van der Waals surface area (Å²) < 4.78 is 10.5. The molecule has 1 saturated carbocycles. The van der Waals surface area contributed by atoms with Gasteiger partial charge in [-0.15, -0.1) is 0 Å². The number of rotatable bonds is 4. The van der Waals surface area contributed by atoms with Gasteiger partial charge in [0.1, 0.15) is 0 Å². The molecule has 2 unspecified atom stereocenters. The zero-order valence-corrected chi connectivity index (χ0v) is 13.9. The van der Waals surface area contributed by atoms with Gasteiger partial charge in [0.25, 0.3) is 0 Å². The number of fused-ring (bicyclic) bond motifs is 1. The van der Waals surface area contributed by atoms with Crippen LogP contribution in [-0.4, -0.2) is 18.6 Å². The van der Waals surface area contributed by atoms with E-state index in [1.807, 2.05) is 0 Å². The van der Waals surface area contributed by atoms with Crippen molar-refractivity contribution in [3.8, 4) is 11.5 Å². The van der Waals surface area contributed by atoms with Crippen LogP contribution in [0, 0.1) is 11.8 Å². The number of nitrogens with one attached hydrogen (secondary N) is 2. The van der Waals surface area contributed by atoms with Crippen molar-refractivity contribution in [1.29, 1.82) is 0 Å². The molecule has 0 aromatic heterocycles. The van der Waals surface area contributed by atoms with E-state index in [0.29, 0.717) is 34.3 Å². The lowest BCUT2D eigenvalue weighted by Crippen LogP contribution is -2.20. The van der Waals surface area contributed by atoms with Crippen molar-refractivity contribution < 1.29 is 19.1 Å². The predicted molar refractivity (Wildman–Crippen MR) is 92.9 cm³/mol. The van der Waals surface area contributed by atoms with E-state index in [-0.39, 0.29) is 30.4 Å². The molecule has 0 radical (unpaired) electrons. The Bertz CT molecular complexity index is 855. The highest BCUT2D eigenvalue weighted by atomic mass is 35.5. The Hall–Kier alpha value is -2.73. The number of ether oxygens (including phenoxy) is 2. The molecule has 0 saturated heterocycles. The van der Waals surface area contributed by atoms with Crippen molar-refractivity contribution >= 4 is 34.8 Å². The molecule has 0 bridgehead atoms. The standard InChI is InChI=1S/C18H15ClN2O4/c19-10-2-1-3-11(6-10)20-17(22)13-8-14(13)18(23)21-12-4-5-15-16(7-12)25-9-24-15/h1-7,13-14H,8-9H2,(H,20,22)(H,21,23). The molecular formula is C18H15ClN2O4. The number of carbonyl (C=O) groups excluding carboxylic acids is 2. The number of carbonyl (C=O) groups is 2. The first-order valence-corrected chi connectivity index (χ1v) is 8.25. The van der Waals surface area contributed by atoms with E-state index in [1.165, 1.54) is 0 Å². The Kier molecular flexibility index (Phi) is 3.97. The largest absolute Gasteiger partial charge is 0.454 e. The van der Waals surface area contributed by atoms with Crippen LogP contribution in [0.4, 0.5) is 11.4 Å². The molecule has 1 aliphatic heterocycles. The van der Waals surface area contributed by atoms with Gasteiger partial charge >= 0.3 is 0 Å². The maximum Gasteiger partial charge on any atom is 0.231 e. The molecule has 25 heavy (non-hydrogen) atoms. The number of amides is 2. The van der Waals surface area contributed by atoms with Crippen LogP contribution in [0.2, 0.25) is 5.02 Å². The van der Waals surface area contributed by atoms with Gasteiger partial charge in [0, 0.05) is 22.5 Å². The SMILES string of the molecule is O=C(Nc1cccc(Cl)c1)C1CC1C(=O)Nc1ccc2c(c1)OCO2. The molecule has 7 heteroatoms. The second kappa shape index (κ2) is 6.29. The molecule has 4 rings (SSSR count).